The van der Waals surface area contributed by atoms with Gasteiger partial charge in [0.2, 0.25) is 16.6 Å². The zero-order valence-electron chi connectivity index (χ0n) is 24.2. The van der Waals surface area contributed by atoms with E-state index in [1.807, 2.05) is 17.0 Å². The number of fused-ring (bicyclic) bond motifs is 1. The van der Waals surface area contributed by atoms with E-state index in [2.05, 4.69) is 23.6 Å². The molecule has 0 N–H and O–H groups in total. The van der Waals surface area contributed by atoms with E-state index in [0.29, 0.717) is 52.3 Å². The average molecular weight is 645 g/mol. The summed E-state index contributed by atoms with van der Waals surface area (Å²) in [5.41, 5.74) is 1.47. The number of piperazine rings is 1. The normalized spacial score (nSPS) is 20.7. The molecule has 0 spiro atoms. The van der Waals surface area contributed by atoms with Crippen molar-refractivity contribution >= 4 is 38.9 Å². The third-order valence-corrected chi connectivity index (χ3v) is 11.4. The second kappa shape index (κ2) is 12.3. The van der Waals surface area contributed by atoms with Gasteiger partial charge in [0.15, 0.2) is 11.5 Å². The molecule has 0 unspecified atom stereocenters. The quantitative estimate of drug-likeness (QED) is 0.330. The van der Waals surface area contributed by atoms with Gasteiger partial charge in [0.05, 0.1) is 25.4 Å². The van der Waals surface area contributed by atoms with Crippen LogP contribution in [0.4, 0.5) is 0 Å². The summed E-state index contributed by atoms with van der Waals surface area (Å²) in [4.78, 5) is 20.4. The minimum absolute atomic E-state index is 0.0958. The lowest BCUT2D eigenvalue weighted by Gasteiger charge is -2.47. The predicted molar refractivity (Wildman–Crippen MR) is 166 cm³/mol. The molecule has 6 rings (SSSR count). The van der Waals surface area contributed by atoms with Crippen LogP contribution in [-0.2, 0) is 9.84 Å². The summed E-state index contributed by atoms with van der Waals surface area (Å²) in [7, 11) is -3.68. The van der Waals surface area contributed by atoms with Crippen LogP contribution in [0.2, 0.25) is 10.0 Å². The Morgan fingerprint density at radius 1 is 0.884 bits per heavy atom. The van der Waals surface area contributed by atoms with Crippen LogP contribution in [0.25, 0.3) is 0 Å². The molecule has 0 aliphatic carbocycles. The van der Waals surface area contributed by atoms with E-state index in [9.17, 15) is 13.2 Å². The maximum atomic E-state index is 13.3. The first-order chi connectivity index (χ1) is 20.6. The number of hydrogen-bond donors (Lipinski definition) is 0. The van der Waals surface area contributed by atoms with Crippen molar-refractivity contribution in [3.05, 3.63) is 81.8 Å². The molecule has 3 aromatic rings. The molecule has 8 nitrogen and oxygen atoms in total. The average Bonchev–Trinajstić information content (AvgIpc) is 3.49. The van der Waals surface area contributed by atoms with Gasteiger partial charge in [-0.15, -0.1) is 0 Å². The molecule has 11 heteroatoms. The Labute approximate surface area is 263 Å². The number of nitrogens with zero attached hydrogens (tertiary/aromatic N) is 3. The SMILES string of the molecule is C[C@H]1CN(C2CCN(C(=O)c3c(Cl)cccc3Cl)CC2)CCN1[C@@H](C)c1ccc(S(=O)(=O)c2ccc3c(c2)OCO3)cc1. The van der Waals surface area contributed by atoms with Crippen molar-refractivity contribution in [1.29, 1.82) is 0 Å². The largest absolute Gasteiger partial charge is 0.454 e. The second-order valence-corrected chi connectivity index (χ2v) is 14.2. The Morgan fingerprint density at radius 2 is 1.53 bits per heavy atom. The minimum atomic E-state index is -3.68. The van der Waals surface area contributed by atoms with Gasteiger partial charge in [0.1, 0.15) is 0 Å². The fraction of sp³-hybridized carbons (Fsp3) is 0.406. The lowest BCUT2D eigenvalue weighted by atomic mass is 9.98. The molecular weight excluding hydrogens is 609 g/mol. The number of piperidine rings is 1. The van der Waals surface area contributed by atoms with E-state index < -0.39 is 9.84 Å². The molecule has 3 heterocycles. The van der Waals surface area contributed by atoms with Crippen molar-refractivity contribution in [3.63, 3.8) is 0 Å². The number of likely N-dealkylation sites (tertiary alicyclic amines) is 1. The smallest absolute Gasteiger partial charge is 0.256 e. The Bertz CT molecular complexity index is 1590. The van der Waals surface area contributed by atoms with Crippen LogP contribution in [0.3, 0.4) is 0 Å². The lowest BCUT2D eigenvalue weighted by molar-refractivity contribution is 0.0135. The number of carbonyl (C=O) groups excluding carboxylic acids is 1. The maximum Gasteiger partial charge on any atom is 0.256 e. The van der Waals surface area contributed by atoms with Gasteiger partial charge < -0.3 is 14.4 Å². The highest BCUT2D eigenvalue weighted by Crippen LogP contribution is 2.36. The van der Waals surface area contributed by atoms with Gasteiger partial charge in [-0.25, -0.2) is 8.42 Å². The van der Waals surface area contributed by atoms with Crippen LogP contribution in [0.5, 0.6) is 11.5 Å². The summed E-state index contributed by atoms with van der Waals surface area (Å²) in [6.45, 7) is 8.67. The Morgan fingerprint density at radius 3 is 2.21 bits per heavy atom. The molecule has 3 aliphatic heterocycles. The molecule has 0 saturated carbocycles. The summed E-state index contributed by atoms with van der Waals surface area (Å²) in [6.07, 6.45) is 1.82. The first kappa shape index (κ1) is 30.2. The Hall–Kier alpha value is -2.82. The summed E-state index contributed by atoms with van der Waals surface area (Å²) in [6, 6.07) is 18.0. The zero-order valence-corrected chi connectivity index (χ0v) is 26.5. The number of sulfone groups is 1. The summed E-state index contributed by atoms with van der Waals surface area (Å²) in [5, 5.41) is 0.777. The molecular formula is C32H35Cl2N3O5S. The fourth-order valence-electron chi connectivity index (χ4n) is 6.50. The highest BCUT2D eigenvalue weighted by Gasteiger charge is 2.34. The lowest BCUT2D eigenvalue weighted by Crippen LogP contribution is -2.57. The number of rotatable bonds is 6. The molecule has 0 bridgehead atoms. The van der Waals surface area contributed by atoms with E-state index in [4.69, 9.17) is 32.7 Å². The van der Waals surface area contributed by atoms with Crippen molar-refractivity contribution in [2.45, 2.75) is 54.6 Å². The molecule has 228 valence electrons. The summed E-state index contributed by atoms with van der Waals surface area (Å²) >= 11 is 12.6. The van der Waals surface area contributed by atoms with Crippen molar-refractivity contribution < 1.29 is 22.7 Å². The monoisotopic (exact) mass is 643 g/mol. The van der Waals surface area contributed by atoms with Crippen molar-refractivity contribution in [2.24, 2.45) is 0 Å². The number of hydrogen-bond acceptors (Lipinski definition) is 7. The van der Waals surface area contributed by atoms with Gasteiger partial charge in [-0.1, -0.05) is 41.4 Å². The number of amides is 1. The number of carbonyl (C=O) groups is 1. The van der Waals surface area contributed by atoms with Crippen LogP contribution in [0, 0.1) is 0 Å². The molecule has 0 aromatic heterocycles. The van der Waals surface area contributed by atoms with Crippen LogP contribution in [0.1, 0.15) is 48.7 Å². The first-order valence-corrected chi connectivity index (χ1v) is 16.8. The molecule has 3 aromatic carbocycles. The number of ether oxygens (including phenoxy) is 2. The molecule has 2 saturated heterocycles. The number of benzene rings is 3. The van der Waals surface area contributed by atoms with E-state index in [-0.39, 0.29) is 28.5 Å². The van der Waals surface area contributed by atoms with Gasteiger partial charge in [-0.2, -0.15) is 0 Å². The predicted octanol–water partition coefficient (Wildman–Crippen LogP) is 5.93. The van der Waals surface area contributed by atoms with Gasteiger partial charge in [-0.05, 0) is 68.7 Å². The molecule has 2 fully saturated rings. The van der Waals surface area contributed by atoms with E-state index in [1.54, 1.807) is 42.5 Å². The minimum Gasteiger partial charge on any atom is -0.454 e. The highest BCUT2D eigenvalue weighted by molar-refractivity contribution is 7.91. The molecule has 3 aliphatic rings. The topological polar surface area (TPSA) is 79.4 Å². The Kier molecular flexibility index (Phi) is 8.63. The van der Waals surface area contributed by atoms with Crippen LogP contribution >= 0.6 is 23.2 Å². The van der Waals surface area contributed by atoms with Gasteiger partial charge in [-0.3, -0.25) is 14.6 Å². The van der Waals surface area contributed by atoms with Crippen LogP contribution in [-0.4, -0.2) is 80.6 Å². The standard InChI is InChI=1S/C32H35Cl2N3O5S/c1-21-19-36(24-12-14-35(15-13-24)32(38)31-27(33)4-3-5-28(31)34)16-17-37(21)22(2)23-6-8-25(9-7-23)43(39,40)26-10-11-29-30(18-26)42-20-41-29/h3-11,18,21-22,24H,12-17,19-20H2,1-2H3/t21-,22-/m0/s1. The number of halogens is 2. The van der Waals surface area contributed by atoms with E-state index in [0.717, 1.165) is 38.0 Å². The molecule has 2 atom stereocenters. The van der Waals surface area contributed by atoms with E-state index in [1.165, 1.54) is 6.07 Å². The summed E-state index contributed by atoms with van der Waals surface area (Å²) in [5.74, 6) is 0.896. The van der Waals surface area contributed by atoms with Gasteiger partial charge >= 0.3 is 0 Å². The summed E-state index contributed by atoms with van der Waals surface area (Å²) < 4.78 is 37.2. The zero-order chi connectivity index (χ0) is 30.3. The molecule has 1 amide bonds. The van der Waals surface area contributed by atoms with Crippen LogP contribution < -0.4 is 9.47 Å². The molecule has 0 radical (unpaired) electrons. The van der Waals surface area contributed by atoms with Gasteiger partial charge in [0.25, 0.3) is 5.91 Å². The van der Waals surface area contributed by atoms with Crippen molar-refractivity contribution in [2.75, 3.05) is 39.5 Å². The third kappa shape index (κ3) is 5.98. The maximum absolute atomic E-state index is 13.3. The van der Waals surface area contributed by atoms with Crippen molar-refractivity contribution in [1.82, 2.24) is 14.7 Å². The van der Waals surface area contributed by atoms with Crippen LogP contribution in [0.15, 0.2) is 70.5 Å². The highest BCUT2D eigenvalue weighted by atomic mass is 35.5. The van der Waals surface area contributed by atoms with E-state index >= 15 is 0 Å². The Balaban J connectivity index is 1.05. The third-order valence-electron chi connectivity index (χ3n) is 8.98. The van der Waals surface area contributed by atoms with Gasteiger partial charge in [0, 0.05) is 56.9 Å². The fourth-order valence-corrected chi connectivity index (χ4v) is 8.33. The molecule has 43 heavy (non-hydrogen) atoms. The van der Waals surface area contributed by atoms with Crippen molar-refractivity contribution in [3.8, 4) is 11.5 Å². The second-order valence-electron chi connectivity index (χ2n) is 11.5. The first-order valence-electron chi connectivity index (χ1n) is 14.6.